The van der Waals surface area contributed by atoms with Gasteiger partial charge in [-0.25, -0.2) is 0 Å². The van der Waals surface area contributed by atoms with Crippen molar-refractivity contribution in [1.82, 2.24) is 20.2 Å². The van der Waals surface area contributed by atoms with Crippen LogP contribution in [0.4, 0.5) is 0 Å². The molecule has 1 fully saturated rings. The third-order valence-electron chi connectivity index (χ3n) is 4.46. The largest absolute Gasteiger partial charge is 0.337 e. The molecule has 0 aliphatic heterocycles. The Hall–Kier alpha value is -1.75. The van der Waals surface area contributed by atoms with Crippen LogP contribution in [0.2, 0.25) is 0 Å². The molecule has 1 aliphatic carbocycles. The Morgan fingerprint density at radius 1 is 1.20 bits per heavy atom. The molecule has 1 aromatic heterocycles. The standard InChI is InChI=1S/C15H21N5/c1-12-7-6-8-13(11-12)20-14(17-18-19-20)15(16-2)9-4-3-5-10-15/h6-8,11,16H,3-5,9-10H2,1-2H3/p+1. The fourth-order valence-corrected chi connectivity index (χ4v) is 3.26. The normalized spacial score (nSPS) is 18.1. The lowest BCUT2D eigenvalue weighted by Gasteiger charge is -2.32. The molecular formula is C15H22N5+. The number of hydrogen-bond donors (Lipinski definition) is 1. The Morgan fingerprint density at radius 2 is 2.00 bits per heavy atom. The van der Waals surface area contributed by atoms with Crippen molar-refractivity contribution >= 4 is 0 Å². The van der Waals surface area contributed by atoms with Crippen LogP contribution in [0.1, 0.15) is 43.5 Å². The summed E-state index contributed by atoms with van der Waals surface area (Å²) in [4.78, 5) is 0. The molecule has 1 heterocycles. The lowest BCUT2D eigenvalue weighted by molar-refractivity contribution is -0.718. The summed E-state index contributed by atoms with van der Waals surface area (Å²) >= 11 is 0. The number of rotatable bonds is 3. The predicted octanol–water partition coefficient (Wildman–Crippen LogP) is 1.32. The maximum absolute atomic E-state index is 4.36. The molecule has 1 saturated carbocycles. The van der Waals surface area contributed by atoms with Gasteiger partial charge in [0, 0.05) is 12.8 Å². The number of aryl methyl sites for hydroxylation is 1. The second kappa shape index (κ2) is 5.32. The number of aromatic nitrogens is 4. The molecule has 0 unspecified atom stereocenters. The lowest BCUT2D eigenvalue weighted by Crippen LogP contribution is -2.92. The highest BCUT2D eigenvalue weighted by Gasteiger charge is 2.41. The smallest absolute Gasteiger partial charge is 0.217 e. The van der Waals surface area contributed by atoms with E-state index in [2.05, 4.69) is 59.1 Å². The summed E-state index contributed by atoms with van der Waals surface area (Å²) in [7, 11) is 2.14. The van der Waals surface area contributed by atoms with Gasteiger partial charge in [-0.3, -0.25) is 0 Å². The Morgan fingerprint density at radius 3 is 2.70 bits per heavy atom. The molecule has 1 aromatic carbocycles. The first-order valence-electron chi connectivity index (χ1n) is 7.42. The molecular weight excluding hydrogens is 250 g/mol. The van der Waals surface area contributed by atoms with Crippen molar-refractivity contribution in [2.75, 3.05) is 7.05 Å². The first kappa shape index (κ1) is 13.2. The summed E-state index contributed by atoms with van der Waals surface area (Å²) in [6.45, 7) is 2.09. The minimum atomic E-state index is 0.0332. The maximum atomic E-state index is 4.36. The fourth-order valence-electron chi connectivity index (χ4n) is 3.26. The lowest BCUT2D eigenvalue weighted by atomic mass is 9.81. The summed E-state index contributed by atoms with van der Waals surface area (Å²) in [6, 6.07) is 8.35. The minimum Gasteiger partial charge on any atom is -0.337 e. The van der Waals surface area contributed by atoms with Crippen molar-refractivity contribution in [3.8, 4) is 5.69 Å². The van der Waals surface area contributed by atoms with E-state index >= 15 is 0 Å². The van der Waals surface area contributed by atoms with Gasteiger partial charge in [-0.05, 0) is 47.9 Å². The zero-order valence-electron chi connectivity index (χ0n) is 12.2. The van der Waals surface area contributed by atoms with Crippen LogP contribution >= 0.6 is 0 Å². The van der Waals surface area contributed by atoms with E-state index in [0.29, 0.717) is 0 Å². The first-order valence-corrected chi connectivity index (χ1v) is 7.42. The van der Waals surface area contributed by atoms with E-state index in [-0.39, 0.29) is 5.54 Å². The molecule has 5 nitrogen and oxygen atoms in total. The van der Waals surface area contributed by atoms with Crippen LogP contribution in [0.15, 0.2) is 24.3 Å². The summed E-state index contributed by atoms with van der Waals surface area (Å²) in [6.07, 6.45) is 6.13. The molecule has 2 N–H and O–H groups in total. The van der Waals surface area contributed by atoms with Gasteiger partial charge >= 0.3 is 0 Å². The Bertz CT molecular complexity index is 583. The molecule has 0 saturated heterocycles. The molecule has 3 rings (SSSR count). The van der Waals surface area contributed by atoms with Crippen molar-refractivity contribution in [2.45, 2.75) is 44.6 Å². The van der Waals surface area contributed by atoms with E-state index in [0.717, 1.165) is 24.4 Å². The van der Waals surface area contributed by atoms with Gasteiger partial charge in [-0.2, -0.15) is 4.68 Å². The Labute approximate surface area is 119 Å². The number of nitrogens with zero attached hydrogens (tertiary/aromatic N) is 4. The number of quaternary nitrogens is 1. The molecule has 20 heavy (non-hydrogen) atoms. The van der Waals surface area contributed by atoms with Crippen molar-refractivity contribution in [1.29, 1.82) is 0 Å². The fraction of sp³-hybridized carbons (Fsp3) is 0.533. The summed E-state index contributed by atoms with van der Waals surface area (Å²) in [5.41, 5.74) is 2.31. The maximum Gasteiger partial charge on any atom is 0.217 e. The zero-order chi connectivity index (χ0) is 14.0. The highest BCUT2D eigenvalue weighted by atomic mass is 15.6. The van der Waals surface area contributed by atoms with Crippen molar-refractivity contribution in [3.63, 3.8) is 0 Å². The van der Waals surface area contributed by atoms with Crippen LogP contribution in [0.25, 0.3) is 5.69 Å². The highest BCUT2D eigenvalue weighted by molar-refractivity contribution is 5.35. The quantitative estimate of drug-likeness (QED) is 0.917. The SMILES string of the molecule is C[NH2+]C1(c2nnnn2-c2cccc(C)c2)CCCCC1. The molecule has 0 spiro atoms. The molecule has 5 heteroatoms. The van der Waals surface area contributed by atoms with Crippen LogP contribution in [0, 0.1) is 6.92 Å². The third-order valence-corrected chi connectivity index (χ3v) is 4.46. The molecule has 0 radical (unpaired) electrons. The number of benzene rings is 1. The molecule has 0 amide bonds. The van der Waals surface area contributed by atoms with E-state index in [1.165, 1.54) is 24.8 Å². The van der Waals surface area contributed by atoms with Crippen LogP contribution in [0.3, 0.4) is 0 Å². The van der Waals surface area contributed by atoms with E-state index in [9.17, 15) is 0 Å². The van der Waals surface area contributed by atoms with E-state index in [1.54, 1.807) is 0 Å². The second-order valence-corrected chi connectivity index (χ2v) is 5.76. The molecule has 106 valence electrons. The van der Waals surface area contributed by atoms with Gasteiger partial charge in [0.25, 0.3) is 0 Å². The van der Waals surface area contributed by atoms with E-state index in [1.807, 2.05) is 4.68 Å². The Kier molecular flexibility index (Phi) is 3.53. The van der Waals surface area contributed by atoms with Gasteiger partial charge in [0.2, 0.25) is 5.82 Å². The van der Waals surface area contributed by atoms with E-state index in [4.69, 9.17) is 0 Å². The second-order valence-electron chi connectivity index (χ2n) is 5.76. The average Bonchev–Trinajstić information content (AvgIpc) is 2.98. The van der Waals surface area contributed by atoms with Gasteiger partial charge in [0.05, 0.1) is 12.7 Å². The summed E-state index contributed by atoms with van der Waals surface area (Å²) in [5.74, 6) is 0.991. The monoisotopic (exact) mass is 272 g/mol. The van der Waals surface area contributed by atoms with Crippen LogP contribution in [0.5, 0.6) is 0 Å². The molecule has 0 bridgehead atoms. The van der Waals surface area contributed by atoms with Gasteiger partial charge < -0.3 is 5.32 Å². The number of hydrogen-bond acceptors (Lipinski definition) is 3. The molecule has 2 aromatic rings. The van der Waals surface area contributed by atoms with Crippen molar-refractivity contribution in [2.24, 2.45) is 0 Å². The summed E-state index contributed by atoms with van der Waals surface area (Å²) in [5, 5.41) is 14.8. The third kappa shape index (κ3) is 2.22. The van der Waals surface area contributed by atoms with Gasteiger partial charge in [0.1, 0.15) is 0 Å². The Balaban J connectivity index is 2.05. The highest BCUT2D eigenvalue weighted by Crippen LogP contribution is 2.33. The van der Waals surface area contributed by atoms with Gasteiger partial charge in [-0.1, -0.05) is 18.6 Å². The van der Waals surface area contributed by atoms with Gasteiger partial charge in [-0.15, -0.1) is 5.10 Å². The first-order chi connectivity index (χ1) is 9.75. The van der Waals surface area contributed by atoms with Crippen molar-refractivity contribution < 1.29 is 5.32 Å². The average molecular weight is 272 g/mol. The van der Waals surface area contributed by atoms with E-state index < -0.39 is 0 Å². The molecule has 1 aliphatic rings. The summed E-state index contributed by atoms with van der Waals surface area (Å²) < 4.78 is 1.92. The van der Waals surface area contributed by atoms with Gasteiger partial charge in [0.15, 0.2) is 5.54 Å². The number of nitrogens with two attached hydrogens (primary N) is 1. The van der Waals surface area contributed by atoms with Crippen LogP contribution in [-0.2, 0) is 5.54 Å². The van der Waals surface area contributed by atoms with Crippen molar-refractivity contribution in [3.05, 3.63) is 35.7 Å². The minimum absolute atomic E-state index is 0.0332. The number of tetrazole rings is 1. The topological polar surface area (TPSA) is 60.2 Å². The predicted molar refractivity (Wildman–Crippen MR) is 76.5 cm³/mol. The van der Waals surface area contributed by atoms with Crippen LogP contribution < -0.4 is 5.32 Å². The van der Waals surface area contributed by atoms with Crippen LogP contribution in [-0.4, -0.2) is 27.3 Å². The molecule has 0 atom stereocenters. The zero-order valence-corrected chi connectivity index (χ0v) is 12.2.